The van der Waals surface area contributed by atoms with Crippen molar-refractivity contribution in [1.82, 2.24) is 0 Å². The predicted molar refractivity (Wildman–Crippen MR) is 80.0 cm³/mol. The van der Waals surface area contributed by atoms with Gasteiger partial charge in [-0.05, 0) is 31.5 Å². The van der Waals surface area contributed by atoms with Crippen molar-refractivity contribution in [3.8, 4) is 5.75 Å². The van der Waals surface area contributed by atoms with Gasteiger partial charge in [-0.25, -0.2) is 0 Å². The maximum absolute atomic E-state index is 12.0. The summed E-state index contributed by atoms with van der Waals surface area (Å²) in [6, 6.07) is 5.46. The van der Waals surface area contributed by atoms with Gasteiger partial charge < -0.3 is 20.5 Å². The topological polar surface area (TPSA) is 73.6 Å². The molecule has 2 unspecified atom stereocenters. The van der Waals surface area contributed by atoms with Gasteiger partial charge in [-0.1, -0.05) is 13.0 Å². The number of aryl methyl sites for hydroxylation is 1. The van der Waals surface area contributed by atoms with Crippen LogP contribution >= 0.6 is 0 Å². The molecule has 0 bridgehead atoms. The smallest absolute Gasteiger partial charge is 0.228 e. The summed E-state index contributed by atoms with van der Waals surface area (Å²) in [6.45, 7) is 6.53. The highest BCUT2D eigenvalue weighted by atomic mass is 16.5. The van der Waals surface area contributed by atoms with E-state index in [4.69, 9.17) is 15.2 Å². The van der Waals surface area contributed by atoms with Crippen LogP contribution in [0.15, 0.2) is 18.2 Å². The molecule has 0 fully saturated rings. The monoisotopic (exact) mass is 280 g/mol. The molecule has 0 aromatic heterocycles. The van der Waals surface area contributed by atoms with E-state index >= 15 is 0 Å². The van der Waals surface area contributed by atoms with Crippen LogP contribution in [0.5, 0.6) is 5.75 Å². The van der Waals surface area contributed by atoms with E-state index in [1.807, 2.05) is 32.0 Å². The lowest BCUT2D eigenvalue weighted by atomic mass is 10.0. The zero-order valence-corrected chi connectivity index (χ0v) is 12.6. The fourth-order valence-corrected chi connectivity index (χ4v) is 1.57. The molecule has 0 aliphatic carbocycles. The molecule has 5 nitrogen and oxygen atoms in total. The molecule has 1 aromatic carbocycles. The zero-order valence-electron chi connectivity index (χ0n) is 12.6. The van der Waals surface area contributed by atoms with Crippen LogP contribution in [-0.4, -0.2) is 32.3 Å². The highest BCUT2D eigenvalue weighted by Gasteiger charge is 2.18. The van der Waals surface area contributed by atoms with Gasteiger partial charge in [0.15, 0.2) is 0 Å². The molecule has 0 spiro atoms. The van der Waals surface area contributed by atoms with Crippen LogP contribution in [-0.2, 0) is 9.53 Å². The second-order valence-corrected chi connectivity index (χ2v) is 4.98. The first-order valence-corrected chi connectivity index (χ1v) is 6.74. The molecule has 0 aliphatic heterocycles. The van der Waals surface area contributed by atoms with E-state index < -0.39 is 0 Å². The first-order chi connectivity index (χ1) is 9.45. The molecule has 0 aliphatic rings. The van der Waals surface area contributed by atoms with Crippen molar-refractivity contribution in [2.45, 2.75) is 26.8 Å². The van der Waals surface area contributed by atoms with Gasteiger partial charge in [0, 0.05) is 13.2 Å². The lowest BCUT2D eigenvalue weighted by molar-refractivity contribution is -0.119. The summed E-state index contributed by atoms with van der Waals surface area (Å²) in [5.74, 6) is 0.274. The van der Waals surface area contributed by atoms with Crippen molar-refractivity contribution < 1.29 is 14.3 Å². The molecular formula is C15H24N2O3. The van der Waals surface area contributed by atoms with Crippen LogP contribution in [0.25, 0.3) is 0 Å². The summed E-state index contributed by atoms with van der Waals surface area (Å²) >= 11 is 0. The first-order valence-electron chi connectivity index (χ1n) is 6.74. The Morgan fingerprint density at radius 2 is 2.05 bits per heavy atom. The number of rotatable bonds is 7. The highest BCUT2D eigenvalue weighted by molar-refractivity contribution is 5.94. The van der Waals surface area contributed by atoms with Gasteiger partial charge in [0.05, 0.1) is 18.2 Å². The Balaban J connectivity index is 2.80. The summed E-state index contributed by atoms with van der Waals surface area (Å²) in [5, 5.41) is 2.86. The molecule has 1 rings (SSSR count). The second-order valence-electron chi connectivity index (χ2n) is 4.98. The number of nitrogens with one attached hydrogen (secondary N) is 1. The second kappa shape index (κ2) is 7.87. The van der Waals surface area contributed by atoms with Gasteiger partial charge in [0.25, 0.3) is 0 Å². The quantitative estimate of drug-likeness (QED) is 0.749. The molecule has 1 amide bonds. The Hall–Kier alpha value is -1.59. The number of carbonyl (C=O) groups excluding carboxylic acids is 1. The van der Waals surface area contributed by atoms with E-state index in [9.17, 15) is 4.79 Å². The third kappa shape index (κ3) is 4.83. The zero-order chi connectivity index (χ0) is 15.1. The Bertz CT molecular complexity index is 447. The molecule has 5 heteroatoms. The fraction of sp³-hybridized carbons (Fsp3) is 0.533. The minimum atomic E-state index is -0.261. The number of carbonyl (C=O) groups is 1. The molecule has 112 valence electrons. The average Bonchev–Trinajstić information content (AvgIpc) is 2.40. The van der Waals surface area contributed by atoms with Crippen molar-refractivity contribution in [3.05, 3.63) is 23.8 Å². The summed E-state index contributed by atoms with van der Waals surface area (Å²) in [6.07, 6.45) is 0. The largest absolute Gasteiger partial charge is 0.489 e. The van der Waals surface area contributed by atoms with Crippen LogP contribution in [0, 0.1) is 12.8 Å². The average molecular weight is 280 g/mol. The van der Waals surface area contributed by atoms with Gasteiger partial charge >= 0.3 is 0 Å². The molecule has 0 radical (unpaired) electrons. The molecule has 2 atom stereocenters. The molecule has 0 heterocycles. The summed E-state index contributed by atoms with van der Waals surface area (Å²) < 4.78 is 10.6. The van der Waals surface area contributed by atoms with Crippen molar-refractivity contribution in [2.75, 3.05) is 25.6 Å². The van der Waals surface area contributed by atoms with Crippen molar-refractivity contribution in [1.29, 1.82) is 0 Å². The SMILES string of the molecule is COCCOc1cc(C)ccc1NC(=O)C(C)C(C)N. The Morgan fingerprint density at radius 1 is 1.35 bits per heavy atom. The van der Waals surface area contributed by atoms with E-state index in [1.165, 1.54) is 0 Å². The van der Waals surface area contributed by atoms with Crippen LogP contribution in [0.1, 0.15) is 19.4 Å². The van der Waals surface area contributed by atoms with Gasteiger partial charge in [-0.15, -0.1) is 0 Å². The number of nitrogens with two attached hydrogens (primary N) is 1. The normalized spacial score (nSPS) is 13.7. The van der Waals surface area contributed by atoms with E-state index in [0.29, 0.717) is 24.7 Å². The molecule has 0 saturated heterocycles. The minimum Gasteiger partial charge on any atom is -0.489 e. The number of hydrogen-bond acceptors (Lipinski definition) is 4. The summed E-state index contributed by atoms with van der Waals surface area (Å²) in [5.41, 5.74) is 7.46. The standard InChI is InChI=1S/C15H24N2O3/c1-10-5-6-13(14(9-10)20-8-7-19-4)17-15(18)11(2)12(3)16/h5-6,9,11-12H,7-8,16H2,1-4H3,(H,17,18). The maximum Gasteiger partial charge on any atom is 0.228 e. The number of amides is 1. The third-order valence-electron chi connectivity index (χ3n) is 3.14. The van der Waals surface area contributed by atoms with Gasteiger partial charge in [0.1, 0.15) is 12.4 Å². The summed E-state index contributed by atoms with van der Waals surface area (Å²) in [7, 11) is 1.62. The van der Waals surface area contributed by atoms with E-state index in [0.717, 1.165) is 5.56 Å². The van der Waals surface area contributed by atoms with E-state index in [-0.39, 0.29) is 17.9 Å². The summed E-state index contributed by atoms with van der Waals surface area (Å²) in [4.78, 5) is 12.0. The molecule has 0 saturated carbocycles. The van der Waals surface area contributed by atoms with Gasteiger partial charge in [-0.2, -0.15) is 0 Å². The number of benzene rings is 1. The van der Waals surface area contributed by atoms with E-state index in [1.54, 1.807) is 14.0 Å². The highest BCUT2D eigenvalue weighted by Crippen LogP contribution is 2.26. The minimum absolute atomic E-state index is 0.111. The third-order valence-corrected chi connectivity index (χ3v) is 3.14. The molecule has 3 N–H and O–H groups in total. The van der Waals surface area contributed by atoms with Crippen LogP contribution < -0.4 is 15.8 Å². The number of ether oxygens (including phenoxy) is 2. The van der Waals surface area contributed by atoms with Crippen LogP contribution in [0.2, 0.25) is 0 Å². The van der Waals surface area contributed by atoms with Crippen molar-refractivity contribution >= 4 is 11.6 Å². The predicted octanol–water partition coefficient (Wildman–Crippen LogP) is 1.94. The Morgan fingerprint density at radius 3 is 2.65 bits per heavy atom. The molecule has 20 heavy (non-hydrogen) atoms. The molecular weight excluding hydrogens is 256 g/mol. The number of methoxy groups -OCH3 is 1. The fourth-order valence-electron chi connectivity index (χ4n) is 1.57. The maximum atomic E-state index is 12.0. The lowest BCUT2D eigenvalue weighted by Gasteiger charge is -2.18. The number of hydrogen-bond donors (Lipinski definition) is 2. The van der Waals surface area contributed by atoms with E-state index in [2.05, 4.69) is 5.32 Å². The Kier molecular flexibility index (Phi) is 6.48. The van der Waals surface area contributed by atoms with Crippen LogP contribution in [0.4, 0.5) is 5.69 Å². The Labute approximate surface area is 120 Å². The molecule has 1 aromatic rings. The van der Waals surface area contributed by atoms with Gasteiger partial charge in [0.2, 0.25) is 5.91 Å². The van der Waals surface area contributed by atoms with Crippen LogP contribution in [0.3, 0.4) is 0 Å². The van der Waals surface area contributed by atoms with Gasteiger partial charge in [-0.3, -0.25) is 4.79 Å². The van der Waals surface area contributed by atoms with Crippen molar-refractivity contribution in [2.24, 2.45) is 11.7 Å². The lowest BCUT2D eigenvalue weighted by Crippen LogP contribution is -2.34. The van der Waals surface area contributed by atoms with Crippen molar-refractivity contribution in [3.63, 3.8) is 0 Å². The first kappa shape index (κ1) is 16.5. The number of anilines is 1.